The lowest BCUT2D eigenvalue weighted by Gasteiger charge is -2.11. The van der Waals surface area contributed by atoms with Crippen LogP contribution in [-0.2, 0) is 0 Å². The van der Waals surface area contributed by atoms with Crippen LogP contribution in [0.1, 0.15) is 40.4 Å². The van der Waals surface area contributed by atoms with Gasteiger partial charge < -0.3 is 9.15 Å². The molecule has 0 bridgehead atoms. The summed E-state index contributed by atoms with van der Waals surface area (Å²) in [6, 6.07) is 11.8. The minimum atomic E-state index is -0.612. The third-order valence-corrected chi connectivity index (χ3v) is 4.74. The topological polar surface area (TPSA) is 65.2 Å². The van der Waals surface area contributed by atoms with Crippen molar-refractivity contribution in [2.45, 2.75) is 32.1 Å². The molecule has 0 unspecified atom stereocenters. The third-order valence-electron chi connectivity index (χ3n) is 3.92. The van der Waals surface area contributed by atoms with Gasteiger partial charge in [0.05, 0.1) is 5.75 Å². The third kappa shape index (κ3) is 4.74. The first-order valence-electron chi connectivity index (χ1n) is 8.42. The number of para-hydroxylation sites is 1. The Bertz CT molecular complexity index is 958. The normalized spacial score (nSPS) is 12.0. The number of halogens is 1. The highest BCUT2D eigenvalue weighted by molar-refractivity contribution is 7.99. The lowest BCUT2D eigenvalue weighted by Crippen LogP contribution is -2.05. The molecule has 5 nitrogen and oxygen atoms in total. The Labute approximate surface area is 161 Å². The molecular formula is C20H19FN2O3S. The molecule has 7 heteroatoms. The zero-order chi connectivity index (χ0) is 19.4. The molecule has 0 amide bonds. The summed E-state index contributed by atoms with van der Waals surface area (Å²) < 4.78 is 24.7. The van der Waals surface area contributed by atoms with Crippen LogP contribution in [0.4, 0.5) is 4.39 Å². The first-order valence-corrected chi connectivity index (χ1v) is 9.40. The van der Waals surface area contributed by atoms with E-state index in [9.17, 15) is 9.18 Å². The Morgan fingerprint density at radius 3 is 2.74 bits per heavy atom. The zero-order valence-corrected chi connectivity index (χ0v) is 16.0. The van der Waals surface area contributed by atoms with Gasteiger partial charge >= 0.3 is 0 Å². The maximum Gasteiger partial charge on any atom is 0.277 e. The molecule has 0 spiro atoms. The van der Waals surface area contributed by atoms with E-state index < -0.39 is 11.9 Å². The van der Waals surface area contributed by atoms with Gasteiger partial charge in [0.2, 0.25) is 0 Å². The molecule has 0 N–H and O–H groups in total. The monoisotopic (exact) mass is 386 g/mol. The van der Waals surface area contributed by atoms with Crippen LogP contribution in [0.2, 0.25) is 0 Å². The van der Waals surface area contributed by atoms with Crippen molar-refractivity contribution in [2.24, 2.45) is 0 Å². The van der Waals surface area contributed by atoms with Gasteiger partial charge in [-0.1, -0.05) is 47.7 Å². The molecule has 2 aromatic carbocycles. The zero-order valence-electron chi connectivity index (χ0n) is 15.2. The van der Waals surface area contributed by atoms with E-state index in [4.69, 9.17) is 9.15 Å². The number of hydrogen-bond acceptors (Lipinski definition) is 6. The lowest BCUT2D eigenvalue weighted by atomic mass is 10.0. The van der Waals surface area contributed by atoms with Crippen LogP contribution in [0, 0.1) is 19.7 Å². The Balaban J connectivity index is 1.60. The molecule has 1 heterocycles. The lowest BCUT2D eigenvalue weighted by molar-refractivity contribution is 0.102. The van der Waals surface area contributed by atoms with E-state index in [-0.39, 0.29) is 28.4 Å². The molecule has 0 aliphatic rings. The second-order valence-electron chi connectivity index (χ2n) is 6.13. The number of aryl methyl sites for hydroxylation is 2. The van der Waals surface area contributed by atoms with Crippen molar-refractivity contribution in [3.8, 4) is 5.75 Å². The summed E-state index contributed by atoms with van der Waals surface area (Å²) in [6.07, 6.45) is -0.612. The molecule has 3 rings (SSSR count). The Morgan fingerprint density at radius 1 is 1.22 bits per heavy atom. The van der Waals surface area contributed by atoms with Gasteiger partial charge in [-0.25, -0.2) is 4.39 Å². The highest BCUT2D eigenvalue weighted by atomic mass is 32.2. The fraction of sp³-hybridized carbons (Fsp3) is 0.250. The summed E-state index contributed by atoms with van der Waals surface area (Å²) in [5, 5.41) is 8.12. The number of nitrogens with zero attached hydrogens (tertiary/aromatic N) is 2. The number of hydrogen-bond donors (Lipinski definition) is 0. The van der Waals surface area contributed by atoms with Gasteiger partial charge in [-0.05, 0) is 38.5 Å². The smallest absolute Gasteiger partial charge is 0.277 e. The number of rotatable bonds is 7. The fourth-order valence-corrected chi connectivity index (χ4v) is 3.21. The fourth-order valence-electron chi connectivity index (χ4n) is 2.56. The van der Waals surface area contributed by atoms with E-state index in [1.165, 1.54) is 12.1 Å². The van der Waals surface area contributed by atoms with Crippen molar-refractivity contribution < 1.29 is 18.3 Å². The molecule has 0 aliphatic heterocycles. The van der Waals surface area contributed by atoms with Crippen LogP contribution >= 0.6 is 11.8 Å². The number of carbonyl (C=O) groups is 1. The predicted octanol–water partition coefficient (Wildman–Crippen LogP) is 4.94. The second kappa shape index (κ2) is 8.35. The summed E-state index contributed by atoms with van der Waals surface area (Å²) in [7, 11) is 0. The van der Waals surface area contributed by atoms with Crippen molar-refractivity contribution in [3.63, 3.8) is 0 Å². The van der Waals surface area contributed by atoms with Crippen LogP contribution in [0.25, 0.3) is 0 Å². The summed E-state index contributed by atoms with van der Waals surface area (Å²) in [5.74, 6) is 0.0567. The quantitative estimate of drug-likeness (QED) is 0.423. The molecule has 3 aromatic rings. The van der Waals surface area contributed by atoms with Crippen LogP contribution in [0.15, 0.2) is 52.1 Å². The minimum Gasteiger partial charge on any atom is -0.478 e. The Hall–Kier alpha value is -2.67. The number of ether oxygens (including phenoxy) is 1. The molecule has 0 fully saturated rings. The summed E-state index contributed by atoms with van der Waals surface area (Å²) >= 11 is 1.16. The number of aromatic nitrogens is 2. The highest BCUT2D eigenvalue weighted by Gasteiger charge is 2.18. The van der Waals surface area contributed by atoms with E-state index in [2.05, 4.69) is 10.2 Å². The van der Waals surface area contributed by atoms with Gasteiger partial charge in [-0.15, -0.1) is 10.2 Å². The molecule has 0 saturated heterocycles. The standard InChI is InChI=1S/C20H19FN2O3S/c1-12-8-9-15(13(2)10-12)17(24)11-27-20-23-22-19(26-20)14(3)25-18-7-5-4-6-16(18)21/h4-10,14H,11H2,1-3H3/t14-/m1/s1. The average Bonchev–Trinajstić information content (AvgIpc) is 3.11. The first-order chi connectivity index (χ1) is 12.9. The molecule has 0 radical (unpaired) electrons. The molecule has 1 atom stereocenters. The molecule has 0 saturated carbocycles. The largest absolute Gasteiger partial charge is 0.478 e. The maximum atomic E-state index is 13.7. The minimum absolute atomic E-state index is 0.00657. The second-order valence-corrected chi connectivity index (χ2v) is 7.05. The molecule has 1 aromatic heterocycles. The van der Waals surface area contributed by atoms with E-state index >= 15 is 0 Å². The van der Waals surface area contributed by atoms with Gasteiger partial charge in [0.15, 0.2) is 23.5 Å². The van der Waals surface area contributed by atoms with Gasteiger partial charge in [-0.3, -0.25) is 4.79 Å². The van der Waals surface area contributed by atoms with Crippen molar-refractivity contribution in [1.29, 1.82) is 0 Å². The molecule has 140 valence electrons. The first kappa shape index (κ1) is 19.1. The van der Waals surface area contributed by atoms with Crippen molar-refractivity contribution >= 4 is 17.5 Å². The van der Waals surface area contributed by atoms with Gasteiger partial charge in [0.25, 0.3) is 11.1 Å². The number of Topliss-reactive ketones (excluding diaryl/α,β-unsaturated/α-hetero) is 1. The van der Waals surface area contributed by atoms with E-state index in [0.717, 1.165) is 22.9 Å². The van der Waals surface area contributed by atoms with Crippen LogP contribution in [0.5, 0.6) is 5.75 Å². The Kier molecular flexibility index (Phi) is 5.91. The maximum absolute atomic E-state index is 13.7. The summed E-state index contributed by atoms with van der Waals surface area (Å²) in [6.45, 7) is 5.59. The summed E-state index contributed by atoms with van der Waals surface area (Å²) in [4.78, 5) is 12.4. The van der Waals surface area contributed by atoms with Crippen LogP contribution in [-0.4, -0.2) is 21.7 Å². The van der Waals surface area contributed by atoms with Gasteiger partial charge in [0, 0.05) is 5.56 Å². The van der Waals surface area contributed by atoms with Gasteiger partial charge in [-0.2, -0.15) is 0 Å². The predicted molar refractivity (Wildman–Crippen MR) is 101 cm³/mol. The number of thioether (sulfide) groups is 1. The van der Waals surface area contributed by atoms with Crippen LogP contribution in [0.3, 0.4) is 0 Å². The number of ketones is 1. The Morgan fingerprint density at radius 2 is 2.00 bits per heavy atom. The van der Waals surface area contributed by atoms with E-state index in [0.29, 0.717) is 5.56 Å². The van der Waals surface area contributed by atoms with E-state index in [1.54, 1.807) is 19.1 Å². The van der Waals surface area contributed by atoms with Crippen molar-refractivity contribution in [3.05, 3.63) is 70.9 Å². The molecule has 0 aliphatic carbocycles. The molecular weight excluding hydrogens is 367 g/mol. The van der Waals surface area contributed by atoms with Crippen molar-refractivity contribution in [2.75, 3.05) is 5.75 Å². The van der Waals surface area contributed by atoms with Crippen molar-refractivity contribution in [1.82, 2.24) is 10.2 Å². The van der Waals surface area contributed by atoms with E-state index in [1.807, 2.05) is 32.0 Å². The SMILES string of the molecule is Cc1ccc(C(=O)CSc2nnc([C@@H](C)Oc3ccccc3F)o2)c(C)c1. The number of carbonyl (C=O) groups excluding carboxylic acids is 1. The molecule has 27 heavy (non-hydrogen) atoms. The van der Waals surface area contributed by atoms with Crippen LogP contribution < -0.4 is 4.74 Å². The summed E-state index contributed by atoms with van der Waals surface area (Å²) in [5.41, 5.74) is 2.74. The highest BCUT2D eigenvalue weighted by Crippen LogP contribution is 2.26. The average molecular weight is 386 g/mol. The van der Waals surface area contributed by atoms with Gasteiger partial charge in [0.1, 0.15) is 0 Å². The number of benzene rings is 2.